The predicted molar refractivity (Wildman–Crippen MR) is 82.0 cm³/mol. The average Bonchev–Trinajstić information content (AvgIpc) is 2.90. The van der Waals surface area contributed by atoms with Crippen molar-refractivity contribution in [3.63, 3.8) is 0 Å². The minimum atomic E-state index is -0.982. The van der Waals surface area contributed by atoms with E-state index in [4.69, 9.17) is 11.5 Å². The molecule has 21 heavy (non-hydrogen) atoms. The van der Waals surface area contributed by atoms with Crippen molar-refractivity contribution in [3.8, 4) is 0 Å². The van der Waals surface area contributed by atoms with Crippen molar-refractivity contribution in [2.24, 2.45) is 16.5 Å². The number of aliphatic imine (C=N–C) groups is 1. The van der Waals surface area contributed by atoms with Gasteiger partial charge in [0.25, 0.3) is 5.91 Å². The van der Waals surface area contributed by atoms with Crippen LogP contribution in [0.25, 0.3) is 0 Å². The summed E-state index contributed by atoms with van der Waals surface area (Å²) in [5.41, 5.74) is 11.6. The van der Waals surface area contributed by atoms with Gasteiger partial charge in [-0.1, -0.05) is 30.3 Å². The summed E-state index contributed by atoms with van der Waals surface area (Å²) in [5.74, 6) is -0.955. The second-order valence-corrected chi connectivity index (χ2v) is 5.97. The second kappa shape index (κ2) is 4.82. The fourth-order valence-electron chi connectivity index (χ4n) is 2.50. The lowest BCUT2D eigenvalue weighted by Gasteiger charge is -2.29. The highest BCUT2D eigenvalue weighted by atomic mass is 32.1. The zero-order chi connectivity index (χ0) is 15.0. The third kappa shape index (κ3) is 2.13. The molecule has 0 radical (unpaired) electrons. The number of primary amides is 2. The molecule has 1 atom stereocenters. The van der Waals surface area contributed by atoms with Crippen molar-refractivity contribution in [3.05, 3.63) is 52.4 Å². The lowest BCUT2D eigenvalue weighted by atomic mass is 9.75. The smallest absolute Gasteiger partial charge is 0.258 e. The van der Waals surface area contributed by atoms with Crippen LogP contribution in [0.2, 0.25) is 0 Å². The molecule has 4 N–H and O–H groups in total. The molecule has 1 aromatic carbocycles. The maximum absolute atomic E-state index is 12.1. The van der Waals surface area contributed by atoms with E-state index in [1.165, 1.54) is 11.3 Å². The van der Waals surface area contributed by atoms with Crippen LogP contribution >= 0.6 is 11.3 Å². The Kier molecular flexibility index (Phi) is 3.10. The van der Waals surface area contributed by atoms with Gasteiger partial charge in [-0.05, 0) is 23.6 Å². The molecule has 1 aliphatic heterocycles. The Morgan fingerprint density at radius 3 is 2.52 bits per heavy atom. The number of nitrogens with two attached hydrogens (primary N) is 2. The Labute approximate surface area is 125 Å². The van der Waals surface area contributed by atoms with E-state index in [1.54, 1.807) is 12.3 Å². The van der Waals surface area contributed by atoms with E-state index in [2.05, 4.69) is 4.99 Å². The Morgan fingerprint density at radius 1 is 1.19 bits per heavy atom. The molecule has 6 heteroatoms. The number of hydrogen-bond donors (Lipinski definition) is 2. The molecule has 1 unspecified atom stereocenters. The van der Waals surface area contributed by atoms with Crippen LogP contribution < -0.4 is 11.5 Å². The van der Waals surface area contributed by atoms with Crippen molar-refractivity contribution in [1.82, 2.24) is 0 Å². The van der Waals surface area contributed by atoms with E-state index >= 15 is 0 Å². The summed E-state index contributed by atoms with van der Waals surface area (Å²) in [5, 5.41) is 0.705. The minimum absolute atomic E-state index is 0.384. The van der Waals surface area contributed by atoms with E-state index in [9.17, 15) is 9.59 Å². The van der Waals surface area contributed by atoms with Crippen LogP contribution in [-0.2, 0) is 16.6 Å². The third-order valence-electron chi connectivity index (χ3n) is 3.63. The van der Waals surface area contributed by atoms with Crippen molar-refractivity contribution < 1.29 is 9.59 Å². The topological polar surface area (TPSA) is 98.5 Å². The summed E-state index contributed by atoms with van der Waals surface area (Å²) < 4.78 is 0. The SMILES string of the molecule is NC(=O)c1cc2c(s1)N=CC(C(N)=O)(c1ccccc1)C2. The molecule has 0 bridgehead atoms. The Bertz CT molecular complexity index is 752. The largest absolute Gasteiger partial charge is 0.369 e. The highest BCUT2D eigenvalue weighted by Gasteiger charge is 2.40. The summed E-state index contributed by atoms with van der Waals surface area (Å²) in [6, 6.07) is 11.0. The van der Waals surface area contributed by atoms with Crippen LogP contribution in [0, 0.1) is 0 Å². The molecule has 0 spiro atoms. The highest BCUT2D eigenvalue weighted by Crippen LogP contribution is 2.40. The van der Waals surface area contributed by atoms with Gasteiger partial charge < -0.3 is 11.5 Å². The molecule has 1 aromatic heterocycles. The first-order chi connectivity index (χ1) is 10.0. The molecule has 2 amide bonds. The maximum Gasteiger partial charge on any atom is 0.258 e. The number of fused-ring (bicyclic) bond motifs is 1. The van der Waals surface area contributed by atoms with E-state index in [1.807, 2.05) is 30.3 Å². The van der Waals surface area contributed by atoms with Gasteiger partial charge in [0.1, 0.15) is 10.4 Å². The number of benzene rings is 1. The van der Waals surface area contributed by atoms with Crippen LogP contribution in [0.5, 0.6) is 0 Å². The average molecular weight is 299 g/mol. The quantitative estimate of drug-likeness (QED) is 0.898. The molecule has 106 valence electrons. The molecule has 5 nitrogen and oxygen atoms in total. The lowest BCUT2D eigenvalue weighted by Crippen LogP contribution is -2.45. The van der Waals surface area contributed by atoms with Crippen molar-refractivity contribution >= 4 is 34.4 Å². The molecule has 0 fully saturated rings. The zero-order valence-corrected chi connectivity index (χ0v) is 11.9. The third-order valence-corrected chi connectivity index (χ3v) is 4.73. The van der Waals surface area contributed by atoms with Crippen molar-refractivity contribution in [2.75, 3.05) is 0 Å². The number of carbonyl (C=O) groups is 2. The summed E-state index contributed by atoms with van der Waals surface area (Å²) >= 11 is 1.23. The van der Waals surface area contributed by atoms with Crippen molar-refractivity contribution in [2.45, 2.75) is 11.8 Å². The number of thiophene rings is 1. The van der Waals surface area contributed by atoms with Gasteiger partial charge in [-0.15, -0.1) is 11.3 Å². The maximum atomic E-state index is 12.1. The van der Waals surface area contributed by atoms with Gasteiger partial charge in [0.05, 0.1) is 4.88 Å². The summed E-state index contributed by atoms with van der Waals surface area (Å²) in [7, 11) is 0. The van der Waals surface area contributed by atoms with E-state index in [0.29, 0.717) is 16.3 Å². The molecule has 0 saturated heterocycles. The molecule has 0 aliphatic carbocycles. The number of nitrogens with zero attached hydrogens (tertiary/aromatic N) is 1. The molecular formula is C15H13N3O2S. The first-order valence-corrected chi connectivity index (χ1v) is 7.18. The summed E-state index contributed by atoms with van der Waals surface area (Å²) in [6.07, 6.45) is 1.96. The first kappa shape index (κ1) is 13.5. The molecule has 2 aromatic rings. The fraction of sp³-hybridized carbons (Fsp3) is 0.133. The van der Waals surface area contributed by atoms with Gasteiger partial charge in [0, 0.05) is 6.21 Å². The molecule has 1 aliphatic rings. The van der Waals surface area contributed by atoms with Crippen LogP contribution in [0.4, 0.5) is 5.00 Å². The normalized spacial score (nSPS) is 20.0. The van der Waals surface area contributed by atoms with Gasteiger partial charge in [-0.2, -0.15) is 0 Å². The monoisotopic (exact) mass is 299 g/mol. The molecule has 3 rings (SSSR count). The van der Waals surface area contributed by atoms with Gasteiger partial charge in [0.15, 0.2) is 0 Å². The number of hydrogen-bond acceptors (Lipinski definition) is 4. The summed E-state index contributed by atoms with van der Waals surface area (Å²) in [6.45, 7) is 0. The van der Waals surface area contributed by atoms with E-state index in [-0.39, 0.29) is 0 Å². The summed E-state index contributed by atoms with van der Waals surface area (Å²) in [4.78, 5) is 28.1. The number of amides is 2. The fourth-order valence-corrected chi connectivity index (χ4v) is 3.37. The Hall–Kier alpha value is -2.47. The molecular weight excluding hydrogens is 286 g/mol. The standard InChI is InChI=1S/C15H13N3O2S/c16-12(19)11-6-9-7-15(14(17)20,8-18-13(9)21-11)10-4-2-1-3-5-10/h1-6,8H,7H2,(H2,16,19)(H2,17,20). The Balaban J connectivity index is 2.10. The number of carbonyl (C=O) groups excluding carboxylic acids is 2. The van der Waals surface area contributed by atoms with Crippen LogP contribution in [0.3, 0.4) is 0 Å². The second-order valence-electron chi connectivity index (χ2n) is 4.94. The predicted octanol–water partition coefficient (Wildman–Crippen LogP) is 1.53. The molecule has 2 heterocycles. The van der Waals surface area contributed by atoms with Crippen LogP contribution in [0.15, 0.2) is 41.4 Å². The minimum Gasteiger partial charge on any atom is -0.369 e. The Morgan fingerprint density at radius 2 is 1.90 bits per heavy atom. The van der Waals surface area contributed by atoms with Gasteiger partial charge in [-0.3, -0.25) is 9.59 Å². The van der Waals surface area contributed by atoms with Crippen LogP contribution in [0.1, 0.15) is 20.8 Å². The van der Waals surface area contributed by atoms with Gasteiger partial charge in [0.2, 0.25) is 5.91 Å². The lowest BCUT2D eigenvalue weighted by molar-refractivity contribution is -0.121. The first-order valence-electron chi connectivity index (χ1n) is 6.36. The van der Waals surface area contributed by atoms with Gasteiger partial charge in [-0.25, -0.2) is 4.99 Å². The van der Waals surface area contributed by atoms with Gasteiger partial charge >= 0.3 is 0 Å². The van der Waals surface area contributed by atoms with Crippen LogP contribution in [-0.4, -0.2) is 18.0 Å². The molecule has 0 saturated carbocycles. The van der Waals surface area contributed by atoms with E-state index < -0.39 is 17.2 Å². The highest BCUT2D eigenvalue weighted by molar-refractivity contribution is 7.17. The number of rotatable bonds is 3. The van der Waals surface area contributed by atoms with Crippen molar-refractivity contribution in [1.29, 1.82) is 0 Å². The van der Waals surface area contributed by atoms with E-state index in [0.717, 1.165) is 11.1 Å². The zero-order valence-electron chi connectivity index (χ0n) is 11.1.